The van der Waals surface area contributed by atoms with E-state index in [2.05, 4.69) is 22.8 Å². The molecule has 1 atom stereocenters. The molecule has 1 aliphatic rings. The van der Waals surface area contributed by atoms with Crippen molar-refractivity contribution in [3.63, 3.8) is 0 Å². The van der Waals surface area contributed by atoms with E-state index in [0.717, 1.165) is 25.3 Å². The second-order valence-electron chi connectivity index (χ2n) is 4.57. The third-order valence-electron chi connectivity index (χ3n) is 3.12. The van der Waals surface area contributed by atoms with E-state index in [1.165, 1.54) is 10.6 Å². The van der Waals surface area contributed by atoms with Crippen LogP contribution in [0.5, 0.6) is 0 Å². The average Bonchev–Trinajstić information content (AvgIpc) is 2.90. The monoisotopic (exact) mass is 284 g/mol. The standard InChI is InChI=1S/C13H20N2OS2/c1-15(6-4-12-3-2-7-18-12)13(16)9-11-10-17-8-5-14-11/h2-3,7,11,14H,4-6,8-10H2,1H3. The van der Waals surface area contributed by atoms with Crippen LogP contribution in [-0.2, 0) is 11.2 Å². The highest BCUT2D eigenvalue weighted by Crippen LogP contribution is 2.12. The lowest BCUT2D eigenvalue weighted by Crippen LogP contribution is -2.42. The van der Waals surface area contributed by atoms with Crippen molar-refractivity contribution in [3.05, 3.63) is 22.4 Å². The van der Waals surface area contributed by atoms with Crippen molar-refractivity contribution >= 4 is 29.0 Å². The average molecular weight is 284 g/mol. The Balaban J connectivity index is 1.70. The number of carbonyl (C=O) groups excluding carboxylic acids is 1. The number of nitrogens with zero attached hydrogens (tertiary/aromatic N) is 1. The van der Waals surface area contributed by atoms with E-state index in [4.69, 9.17) is 0 Å². The third kappa shape index (κ3) is 4.30. The van der Waals surface area contributed by atoms with Crippen LogP contribution in [0.4, 0.5) is 0 Å². The normalized spacial score (nSPS) is 19.7. The van der Waals surface area contributed by atoms with Crippen molar-refractivity contribution in [1.82, 2.24) is 10.2 Å². The molecule has 5 heteroatoms. The molecule has 100 valence electrons. The summed E-state index contributed by atoms with van der Waals surface area (Å²) in [6, 6.07) is 4.55. The van der Waals surface area contributed by atoms with Gasteiger partial charge in [-0.15, -0.1) is 11.3 Å². The Hall–Kier alpha value is -0.520. The predicted octanol–water partition coefficient (Wildman–Crippen LogP) is 1.84. The quantitative estimate of drug-likeness (QED) is 0.895. The molecule has 0 aliphatic carbocycles. The molecule has 1 aromatic rings. The molecule has 0 bridgehead atoms. The van der Waals surface area contributed by atoms with E-state index in [1.807, 2.05) is 23.7 Å². The van der Waals surface area contributed by atoms with Crippen molar-refractivity contribution in [2.24, 2.45) is 0 Å². The first-order valence-corrected chi connectivity index (χ1v) is 8.36. The van der Waals surface area contributed by atoms with Gasteiger partial charge in [-0.05, 0) is 17.9 Å². The van der Waals surface area contributed by atoms with Crippen LogP contribution in [0.1, 0.15) is 11.3 Å². The topological polar surface area (TPSA) is 32.3 Å². The van der Waals surface area contributed by atoms with Crippen molar-refractivity contribution in [2.45, 2.75) is 18.9 Å². The minimum absolute atomic E-state index is 0.256. The minimum atomic E-state index is 0.256. The maximum atomic E-state index is 12.1. The number of hydrogen-bond donors (Lipinski definition) is 1. The van der Waals surface area contributed by atoms with Gasteiger partial charge < -0.3 is 10.2 Å². The maximum Gasteiger partial charge on any atom is 0.223 e. The first kappa shape index (κ1) is 13.9. The SMILES string of the molecule is CN(CCc1cccs1)C(=O)CC1CSCCN1. The summed E-state index contributed by atoms with van der Waals surface area (Å²) in [7, 11) is 1.91. The van der Waals surface area contributed by atoms with Crippen LogP contribution in [0.25, 0.3) is 0 Å². The molecule has 1 N–H and O–H groups in total. The van der Waals surface area contributed by atoms with Gasteiger partial charge in [0.05, 0.1) is 0 Å². The van der Waals surface area contributed by atoms with Crippen LogP contribution in [0.2, 0.25) is 0 Å². The summed E-state index contributed by atoms with van der Waals surface area (Å²) < 4.78 is 0. The molecular formula is C13H20N2OS2. The second kappa shape index (κ2) is 7.16. The van der Waals surface area contributed by atoms with Gasteiger partial charge in [0, 0.05) is 49.0 Å². The molecule has 1 aliphatic heterocycles. The number of carbonyl (C=O) groups is 1. The van der Waals surface area contributed by atoms with Gasteiger partial charge in [0.25, 0.3) is 0 Å². The van der Waals surface area contributed by atoms with Crippen LogP contribution in [0.15, 0.2) is 17.5 Å². The van der Waals surface area contributed by atoms with E-state index in [-0.39, 0.29) is 5.91 Å². The Bertz CT molecular complexity index is 361. The smallest absolute Gasteiger partial charge is 0.223 e. The highest BCUT2D eigenvalue weighted by atomic mass is 32.2. The summed E-state index contributed by atoms with van der Waals surface area (Å²) in [5.74, 6) is 2.48. The van der Waals surface area contributed by atoms with Crippen LogP contribution < -0.4 is 5.32 Å². The fourth-order valence-electron chi connectivity index (χ4n) is 1.97. The first-order valence-electron chi connectivity index (χ1n) is 6.33. The van der Waals surface area contributed by atoms with Gasteiger partial charge in [-0.2, -0.15) is 11.8 Å². The molecule has 18 heavy (non-hydrogen) atoms. The molecule has 0 spiro atoms. The lowest BCUT2D eigenvalue weighted by molar-refractivity contribution is -0.130. The summed E-state index contributed by atoms with van der Waals surface area (Å²) in [6.45, 7) is 1.85. The molecule has 2 rings (SSSR count). The summed E-state index contributed by atoms with van der Waals surface area (Å²) >= 11 is 3.70. The Morgan fingerprint density at radius 2 is 2.50 bits per heavy atom. The fourth-order valence-corrected chi connectivity index (χ4v) is 3.62. The lowest BCUT2D eigenvalue weighted by atomic mass is 10.2. The molecule has 0 radical (unpaired) electrons. The Kier molecular flexibility index (Phi) is 5.53. The number of nitrogens with one attached hydrogen (secondary N) is 1. The molecule has 1 fully saturated rings. The highest BCUT2D eigenvalue weighted by molar-refractivity contribution is 7.99. The highest BCUT2D eigenvalue weighted by Gasteiger charge is 2.18. The van der Waals surface area contributed by atoms with Crippen molar-refractivity contribution in [2.75, 3.05) is 31.6 Å². The van der Waals surface area contributed by atoms with Crippen molar-refractivity contribution in [1.29, 1.82) is 0 Å². The zero-order valence-electron chi connectivity index (χ0n) is 10.7. The van der Waals surface area contributed by atoms with E-state index in [9.17, 15) is 4.79 Å². The number of thiophene rings is 1. The van der Waals surface area contributed by atoms with E-state index >= 15 is 0 Å². The van der Waals surface area contributed by atoms with Gasteiger partial charge in [0.2, 0.25) is 5.91 Å². The van der Waals surface area contributed by atoms with Gasteiger partial charge in [-0.1, -0.05) is 6.07 Å². The number of thioether (sulfide) groups is 1. The minimum Gasteiger partial charge on any atom is -0.345 e. The fraction of sp³-hybridized carbons (Fsp3) is 0.615. The van der Waals surface area contributed by atoms with E-state index in [0.29, 0.717) is 12.5 Å². The van der Waals surface area contributed by atoms with E-state index in [1.54, 1.807) is 11.3 Å². The molecule has 2 heterocycles. The van der Waals surface area contributed by atoms with Gasteiger partial charge in [-0.25, -0.2) is 0 Å². The van der Waals surface area contributed by atoms with Gasteiger partial charge in [0.1, 0.15) is 0 Å². The van der Waals surface area contributed by atoms with Gasteiger partial charge in [-0.3, -0.25) is 4.79 Å². The Labute approximate surface area is 117 Å². The Morgan fingerprint density at radius 3 is 3.17 bits per heavy atom. The number of likely N-dealkylation sites (N-methyl/N-ethyl adjacent to an activating group) is 1. The zero-order valence-corrected chi connectivity index (χ0v) is 12.4. The number of hydrogen-bond acceptors (Lipinski definition) is 4. The molecule has 1 unspecified atom stereocenters. The summed E-state index contributed by atoms with van der Waals surface area (Å²) in [4.78, 5) is 15.3. The molecule has 1 amide bonds. The molecule has 0 saturated carbocycles. The van der Waals surface area contributed by atoms with Gasteiger partial charge >= 0.3 is 0 Å². The third-order valence-corrected chi connectivity index (χ3v) is 5.19. The summed E-state index contributed by atoms with van der Waals surface area (Å²) in [5.41, 5.74) is 0. The van der Waals surface area contributed by atoms with Gasteiger partial charge in [0.15, 0.2) is 0 Å². The Morgan fingerprint density at radius 1 is 1.61 bits per heavy atom. The van der Waals surface area contributed by atoms with Crippen molar-refractivity contribution in [3.8, 4) is 0 Å². The van der Waals surface area contributed by atoms with Crippen molar-refractivity contribution < 1.29 is 4.79 Å². The van der Waals surface area contributed by atoms with Crippen LogP contribution in [0, 0.1) is 0 Å². The predicted molar refractivity (Wildman–Crippen MR) is 79.4 cm³/mol. The molecular weight excluding hydrogens is 264 g/mol. The van der Waals surface area contributed by atoms with Crippen LogP contribution >= 0.6 is 23.1 Å². The number of amides is 1. The molecule has 0 aromatic carbocycles. The summed E-state index contributed by atoms with van der Waals surface area (Å²) in [5, 5.41) is 5.49. The zero-order chi connectivity index (χ0) is 12.8. The van der Waals surface area contributed by atoms with Crippen LogP contribution in [-0.4, -0.2) is 48.5 Å². The number of rotatable bonds is 5. The van der Waals surface area contributed by atoms with E-state index < -0.39 is 0 Å². The molecule has 1 saturated heterocycles. The molecule has 3 nitrogen and oxygen atoms in total. The molecule has 1 aromatic heterocycles. The van der Waals surface area contributed by atoms with Crippen LogP contribution in [0.3, 0.4) is 0 Å². The maximum absolute atomic E-state index is 12.1. The second-order valence-corrected chi connectivity index (χ2v) is 6.76. The lowest BCUT2D eigenvalue weighted by Gasteiger charge is -2.25. The first-order chi connectivity index (χ1) is 8.75. The largest absolute Gasteiger partial charge is 0.345 e. The summed E-state index contributed by atoms with van der Waals surface area (Å²) in [6.07, 6.45) is 1.60.